The number of nitrogens with zero attached hydrogens (tertiary/aromatic N) is 2. The molecule has 2 aromatic rings. The molecule has 0 radical (unpaired) electrons. The van der Waals surface area contributed by atoms with Crippen LogP contribution in [0.3, 0.4) is 0 Å². The Morgan fingerprint density at radius 3 is 2.72 bits per heavy atom. The van der Waals surface area contributed by atoms with E-state index in [0.29, 0.717) is 5.82 Å². The van der Waals surface area contributed by atoms with Gasteiger partial charge in [0.2, 0.25) is 0 Å². The average molecular weight is 273 g/mol. The molecule has 1 unspecified atom stereocenters. The van der Waals surface area contributed by atoms with Gasteiger partial charge in [-0.3, -0.25) is 0 Å². The summed E-state index contributed by atoms with van der Waals surface area (Å²) in [4.78, 5) is 4.01. The second-order valence-corrected chi connectivity index (χ2v) is 4.37. The Morgan fingerprint density at radius 1 is 1.39 bits per heavy atom. The van der Waals surface area contributed by atoms with Gasteiger partial charge in [0, 0.05) is 31.4 Å². The molecule has 0 amide bonds. The number of hydrogen-bond acceptors (Lipinski definition) is 2. The van der Waals surface area contributed by atoms with Gasteiger partial charge in [0.1, 0.15) is 17.5 Å². The molecule has 1 aromatic carbocycles. The number of aliphatic hydroxyl groups excluding tert-OH is 1. The van der Waals surface area contributed by atoms with Crippen LogP contribution in [0.15, 0.2) is 24.5 Å². The molecule has 0 fully saturated rings. The molecule has 0 spiro atoms. The first-order valence-corrected chi connectivity index (χ1v) is 5.65. The number of aryl methyl sites for hydroxylation is 1. The van der Waals surface area contributed by atoms with Crippen LogP contribution in [0.25, 0.3) is 0 Å². The SMILES string of the molecule is Cn1ccnc1CC(O)c1cc(F)c(Cl)cc1F. The number of halogens is 3. The number of hydrogen-bond donors (Lipinski definition) is 1. The third-order valence-corrected chi connectivity index (χ3v) is 2.99. The zero-order valence-electron chi connectivity index (χ0n) is 9.57. The molecule has 0 aliphatic heterocycles. The molecule has 96 valence electrons. The van der Waals surface area contributed by atoms with Crippen LogP contribution < -0.4 is 0 Å². The van der Waals surface area contributed by atoms with E-state index in [0.717, 1.165) is 12.1 Å². The molecule has 1 heterocycles. The highest BCUT2D eigenvalue weighted by atomic mass is 35.5. The van der Waals surface area contributed by atoms with Gasteiger partial charge >= 0.3 is 0 Å². The van der Waals surface area contributed by atoms with Gasteiger partial charge in [0.15, 0.2) is 0 Å². The minimum absolute atomic E-state index is 0.0987. The van der Waals surface area contributed by atoms with E-state index in [1.165, 1.54) is 0 Å². The van der Waals surface area contributed by atoms with Crippen molar-refractivity contribution in [1.29, 1.82) is 0 Å². The van der Waals surface area contributed by atoms with E-state index in [1.807, 2.05) is 0 Å². The topological polar surface area (TPSA) is 38.0 Å². The third-order valence-electron chi connectivity index (χ3n) is 2.70. The monoisotopic (exact) mass is 272 g/mol. The van der Waals surface area contributed by atoms with Crippen molar-refractivity contribution in [3.8, 4) is 0 Å². The van der Waals surface area contributed by atoms with E-state index < -0.39 is 17.7 Å². The van der Waals surface area contributed by atoms with Crippen molar-refractivity contribution in [3.05, 3.63) is 52.6 Å². The highest BCUT2D eigenvalue weighted by molar-refractivity contribution is 6.30. The molecule has 3 nitrogen and oxygen atoms in total. The summed E-state index contributed by atoms with van der Waals surface area (Å²) in [6.07, 6.45) is 2.21. The number of benzene rings is 1. The molecule has 0 aliphatic rings. The van der Waals surface area contributed by atoms with E-state index >= 15 is 0 Å². The maximum Gasteiger partial charge on any atom is 0.142 e. The van der Waals surface area contributed by atoms with Crippen LogP contribution in [0.5, 0.6) is 0 Å². The second kappa shape index (κ2) is 5.04. The van der Waals surface area contributed by atoms with Crippen LogP contribution >= 0.6 is 11.6 Å². The van der Waals surface area contributed by atoms with Crippen LogP contribution in [-0.4, -0.2) is 14.7 Å². The minimum Gasteiger partial charge on any atom is -0.388 e. The molecular formula is C12H11ClF2N2O. The molecule has 0 saturated heterocycles. The van der Waals surface area contributed by atoms with Crippen molar-refractivity contribution in [3.63, 3.8) is 0 Å². The minimum atomic E-state index is -1.17. The summed E-state index contributed by atoms with van der Waals surface area (Å²) in [7, 11) is 1.76. The summed E-state index contributed by atoms with van der Waals surface area (Å²) >= 11 is 5.45. The van der Waals surface area contributed by atoms with Gasteiger partial charge in [-0.2, -0.15) is 0 Å². The molecule has 2 rings (SSSR count). The van der Waals surface area contributed by atoms with Crippen molar-refractivity contribution in [2.75, 3.05) is 0 Å². The predicted octanol–water partition coefficient (Wildman–Crippen LogP) is 2.63. The van der Waals surface area contributed by atoms with E-state index in [-0.39, 0.29) is 17.0 Å². The van der Waals surface area contributed by atoms with Crippen LogP contribution in [-0.2, 0) is 13.5 Å². The van der Waals surface area contributed by atoms with E-state index in [4.69, 9.17) is 11.6 Å². The quantitative estimate of drug-likeness (QED) is 0.873. The molecular weight excluding hydrogens is 262 g/mol. The van der Waals surface area contributed by atoms with Crippen LogP contribution in [0.2, 0.25) is 5.02 Å². The van der Waals surface area contributed by atoms with E-state index in [2.05, 4.69) is 4.98 Å². The smallest absolute Gasteiger partial charge is 0.142 e. The van der Waals surface area contributed by atoms with Crippen LogP contribution in [0.4, 0.5) is 8.78 Å². The van der Waals surface area contributed by atoms with Crippen molar-refractivity contribution in [1.82, 2.24) is 9.55 Å². The fourth-order valence-electron chi connectivity index (χ4n) is 1.67. The first-order valence-electron chi connectivity index (χ1n) is 5.27. The maximum absolute atomic E-state index is 13.6. The first kappa shape index (κ1) is 13.0. The average Bonchev–Trinajstić information content (AvgIpc) is 2.69. The number of aromatic nitrogens is 2. The molecule has 6 heteroatoms. The summed E-state index contributed by atoms with van der Waals surface area (Å²) in [5.41, 5.74) is -0.125. The van der Waals surface area contributed by atoms with Gasteiger partial charge in [0.05, 0.1) is 11.1 Å². The van der Waals surface area contributed by atoms with Crippen molar-refractivity contribution < 1.29 is 13.9 Å². The Balaban J connectivity index is 2.26. The molecule has 0 saturated carbocycles. The number of aliphatic hydroxyl groups is 1. The number of imidazole rings is 1. The standard InChI is InChI=1S/C12H11ClF2N2O/c1-17-3-2-16-12(17)6-11(18)7-4-10(15)8(13)5-9(7)14/h2-5,11,18H,6H2,1H3. The highest BCUT2D eigenvalue weighted by Crippen LogP contribution is 2.25. The summed E-state index contributed by atoms with van der Waals surface area (Å²) in [6.45, 7) is 0. The Kier molecular flexibility index (Phi) is 3.63. The molecule has 18 heavy (non-hydrogen) atoms. The molecule has 1 aromatic heterocycles. The second-order valence-electron chi connectivity index (χ2n) is 3.96. The molecule has 1 N–H and O–H groups in total. The van der Waals surface area contributed by atoms with Crippen LogP contribution in [0.1, 0.15) is 17.5 Å². The Hall–Kier alpha value is -1.46. The third kappa shape index (κ3) is 2.52. The zero-order chi connectivity index (χ0) is 13.3. The van der Waals surface area contributed by atoms with Gasteiger partial charge in [-0.05, 0) is 12.1 Å². The Labute approximate surface area is 108 Å². The summed E-state index contributed by atoms with van der Waals surface area (Å²) < 4.78 is 28.5. The predicted molar refractivity (Wildman–Crippen MR) is 63.2 cm³/mol. The summed E-state index contributed by atoms with van der Waals surface area (Å²) in [6, 6.07) is 1.76. The lowest BCUT2D eigenvalue weighted by Crippen LogP contribution is -2.09. The van der Waals surface area contributed by atoms with Gasteiger partial charge in [0.25, 0.3) is 0 Å². The fourth-order valence-corrected chi connectivity index (χ4v) is 1.82. The van der Waals surface area contributed by atoms with Gasteiger partial charge < -0.3 is 9.67 Å². The van der Waals surface area contributed by atoms with Gasteiger partial charge in [-0.15, -0.1) is 0 Å². The molecule has 1 atom stereocenters. The van der Waals surface area contributed by atoms with Gasteiger partial charge in [-0.1, -0.05) is 11.6 Å². The zero-order valence-corrected chi connectivity index (χ0v) is 10.3. The summed E-state index contributed by atoms with van der Waals surface area (Å²) in [5.74, 6) is -0.910. The Bertz CT molecular complexity index is 571. The summed E-state index contributed by atoms with van der Waals surface area (Å²) in [5, 5.41) is 9.60. The normalized spacial score (nSPS) is 12.7. The fraction of sp³-hybridized carbons (Fsp3) is 0.250. The number of rotatable bonds is 3. The first-order chi connectivity index (χ1) is 8.49. The van der Waals surface area contributed by atoms with Crippen LogP contribution in [0, 0.1) is 11.6 Å². The van der Waals surface area contributed by atoms with E-state index in [9.17, 15) is 13.9 Å². The van der Waals surface area contributed by atoms with Crippen molar-refractivity contribution in [2.24, 2.45) is 7.05 Å². The lowest BCUT2D eigenvalue weighted by atomic mass is 10.1. The van der Waals surface area contributed by atoms with Gasteiger partial charge in [-0.25, -0.2) is 13.8 Å². The van der Waals surface area contributed by atoms with Crippen molar-refractivity contribution >= 4 is 11.6 Å². The molecule has 0 aliphatic carbocycles. The lowest BCUT2D eigenvalue weighted by Gasteiger charge is -2.12. The largest absolute Gasteiger partial charge is 0.388 e. The Morgan fingerprint density at radius 2 is 2.11 bits per heavy atom. The lowest BCUT2D eigenvalue weighted by molar-refractivity contribution is 0.169. The highest BCUT2D eigenvalue weighted by Gasteiger charge is 2.18. The maximum atomic E-state index is 13.6. The molecule has 0 bridgehead atoms. The van der Waals surface area contributed by atoms with E-state index in [1.54, 1.807) is 24.0 Å². The van der Waals surface area contributed by atoms with Crippen molar-refractivity contribution in [2.45, 2.75) is 12.5 Å².